The Labute approximate surface area is 118 Å². The quantitative estimate of drug-likeness (QED) is 0.794. The maximum atomic E-state index is 13.7. The lowest BCUT2D eigenvalue weighted by molar-refractivity contribution is 0.0600. The maximum absolute atomic E-state index is 13.7. The van der Waals surface area contributed by atoms with Gasteiger partial charge in [-0.1, -0.05) is 0 Å². The largest absolute Gasteiger partial charge is 0.301 e. The molecule has 1 fully saturated rings. The molecule has 5 heteroatoms. The van der Waals surface area contributed by atoms with Crippen molar-refractivity contribution in [1.82, 2.24) is 9.80 Å². The molecule has 0 aromatic heterocycles. The number of piperazine rings is 1. The minimum Gasteiger partial charge on any atom is -0.301 e. The Morgan fingerprint density at radius 1 is 1.35 bits per heavy atom. The van der Waals surface area contributed by atoms with Gasteiger partial charge in [0.15, 0.2) is 5.78 Å². The van der Waals surface area contributed by atoms with Crippen LogP contribution in [0, 0.1) is 11.6 Å². The highest BCUT2D eigenvalue weighted by Crippen LogP contribution is 2.17. The van der Waals surface area contributed by atoms with Crippen LogP contribution in [0.15, 0.2) is 18.2 Å². The smallest absolute Gasteiger partial charge is 0.182 e. The first-order valence-electron chi connectivity index (χ1n) is 6.83. The first kappa shape index (κ1) is 15.1. The van der Waals surface area contributed by atoms with Crippen LogP contribution < -0.4 is 0 Å². The molecule has 1 aliphatic heterocycles. The van der Waals surface area contributed by atoms with E-state index in [4.69, 9.17) is 0 Å². The Morgan fingerprint density at radius 2 is 2.05 bits per heavy atom. The molecule has 2 atom stereocenters. The van der Waals surface area contributed by atoms with E-state index in [1.807, 2.05) is 7.05 Å². The third kappa shape index (κ3) is 3.04. The minimum atomic E-state index is -0.788. The minimum absolute atomic E-state index is 0.0366. The molecular weight excluding hydrogens is 262 g/mol. The van der Waals surface area contributed by atoms with Gasteiger partial charge in [0.1, 0.15) is 11.6 Å². The molecule has 1 aliphatic rings. The molecule has 0 N–H and O–H groups in total. The highest BCUT2D eigenvalue weighted by atomic mass is 19.1. The van der Waals surface area contributed by atoms with E-state index in [-0.39, 0.29) is 11.3 Å². The highest BCUT2D eigenvalue weighted by molar-refractivity contribution is 6.00. The summed E-state index contributed by atoms with van der Waals surface area (Å²) in [5.74, 6) is -1.75. The number of halogens is 2. The third-order valence-corrected chi connectivity index (χ3v) is 4.11. The monoisotopic (exact) mass is 282 g/mol. The van der Waals surface area contributed by atoms with Gasteiger partial charge in [0.2, 0.25) is 0 Å². The van der Waals surface area contributed by atoms with Crippen LogP contribution in [0.25, 0.3) is 0 Å². The number of nitrogens with zero attached hydrogens (tertiary/aromatic N) is 2. The number of benzene rings is 1. The summed E-state index contributed by atoms with van der Waals surface area (Å²) in [4.78, 5) is 16.6. The number of hydrogen-bond acceptors (Lipinski definition) is 3. The number of likely N-dealkylation sites (N-methyl/N-ethyl adjacent to an activating group) is 1. The van der Waals surface area contributed by atoms with Crippen LogP contribution in [0.5, 0.6) is 0 Å². The van der Waals surface area contributed by atoms with Gasteiger partial charge in [-0.3, -0.25) is 9.69 Å². The lowest BCUT2D eigenvalue weighted by Gasteiger charge is -2.40. The van der Waals surface area contributed by atoms with Crippen molar-refractivity contribution in [3.63, 3.8) is 0 Å². The number of rotatable bonds is 3. The van der Waals surface area contributed by atoms with Crippen molar-refractivity contribution in [3.8, 4) is 0 Å². The van der Waals surface area contributed by atoms with Crippen LogP contribution in [0.2, 0.25) is 0 Å². The Kier molecular flexibility index (Phi) is 4.50. The summed E-state index contributed by atoms with van der Waals surface area (Å²) in [5.41, 5.74) is -0.0366. The van der Waals surface area contributed by atoms with E-state index in [1.165, 1.54) is 6.07 Å². The molecule has 2 rings (SSSR count). The van der Waals surface area contributed by atoms with E-state index >= 15 is 0 Å². The van der Waals surface area contributed by atoms with E-state index in [2.05, 4.69) is 16.7 Å². The Morgan fingerprint density at radius 3 is 2.65 bits per heavy atom. The Hall–Kier alpha value is -1.33. The molecule has 0 bridgehead atoms. The molecule has 3 nitrogen and oxygen atoms in total. The van der Waals surface area contributed by atoms with Gasteiger partial charge in [-0.25, -0.2) is 8.78 Å². The fourth-order valence-corrected chi connectivity index (χ4v) is 2.51. The summed E-state index contributed by atoms with van der Waals surface area (Å²) in [6.45, 7) is 6.30. The Bertz CT molecular complexity index is 507. The molecule has 1 aromatic carbocycles. The predicted molar refractivity (Wildman–Crippen MR) is 73.8 cm³/mol. The van der Waals surface area contributed by atoms with Gasteiger partial charge in [0.25, 0.3) is 0 Å². The van der Waals surface area contributed by atoms with E-state index in [0.29, 0.717) is 6.04 Å². The van der Waals surface area contributed by atoms with Crippen molar-refractivity contribution in [2.24, 2.45) is 0 Å². The number of Topliss-reactive ketones (excluding diaryl/α,β-unsaturated/α-hetero) is 1. The van der Waals surface area contributed by atoms with Crippen molar-refractivity contribution in [1.29, 1.82) is 0 Å². The summed E-state index contributed by atoms with van der Waals surface area (Å²) in [5, 5.41) is 0. The van der Waals surface area contributed by atoms with Gasteiger partial charge in [-0.05, 0) is 33.0 Å². The van der Waals surface area contributed by atoms with Gasteiger partial charge in [-0.2, -0.15) is 0 Å². The zero-order chi connectivity index (χ0) is 14.9. The van der Waals surface area contributed by atoms with Crippen LogP contribution in [0.4, 0.5) is 8.78 Å². The average molecular weight is 282 g/mol. The second-order valence-corrected chi connectivity index (χ2v) is 5.49. The summed E-state index contributed by atoms with van der Waals surface area (Å²) in [7, 11) is 2.05. The van der Waals surface area contributed by atoms with E-state index in [0.717, 1.165) is 31.8 Å². The van der Waals surface area contributed by atoms with Crippen LogP contribution in [-0.2, 0) is 0 Å². The molecule has 1 aromatic rings. The van der Waals surface area contributed by atoms with E-state index < -0.39 is 17.7 Å². The zero-order valence-corrected chi connectivity index (χ0v) is 12.1. The number of carbonyl (C=O) groups is 1. The van der Waals surface area contributed by atoms with Crippen LogP contribution >= 0.6 is 0 Å². The van der Waals surface area contributed by atoms with Crippen LogP contribution in [0.1, 0.15) is 24.2 Å². The van der Waals surface area contributed by atoms with Gasteiger partial charge in [0, 0.05) is 31.7 Å². The number of carbonyl (C=O) groups excluding carboxylic acids is 1. The van der Waals surface area contributed by atoms with E-state index in [9.17, 15) is 13.6 Å². The summed E-state index contributed by atoms with van der Waals surface area (Å²) in [6.07, 6.45) is 0. The van der Waals surface area contributed by atoms with E-state index in [1.54, 1.807) is 6.92 Å². The lowest BCUT2D eigenvalue weighted by Crippen LogP contribution is -2.54. The standard InChI is InChI=1S/C15H20F2N2O/c1-10-9-19(7-6-18(10)3)11(2)15(20)13-5-4-12(16)8-14(13)17/h4-5,8,10-11H,6-7,9H2,1-3H3. The molecular formula is C15H20F2N2O. The molecule has 110 valence electrons. The summed E-state index contributed by atoms with van der Waals surface area (Å²) < 4.78 is 26.6. The molecule has 2 unspecified atom stereocenters. The number of hydrogen-bond donors (Lipinski definition) is 0. The lowest BCUT2D eigenvalue weighted by atomic mass is 10.0. The van der Waals surface area contributed by atoms with Crippen molar-refractivity contribution < 1.29 is 13.6 Å². The molecule has 1 heterocycles. The van der Waals surface area contributed by atoms with Gasteiger partial charge in [0.05, 0.1) is 11.6 Å². The maximum Gasteiger partial charge on any atom is 0.182 e. The fraction of sp³-hybridized carbons (Fsp3) is 0.533. The molecule has 1 saturated heterocycles. The second-order valence-electron chi connectivity index (χ2n) is 5.49. The first-order valence-corrected chi connectivity index (χ1v) is 6.83. The topological polar surface area (TPSA) is 23.6 Å². The van der Waals surface area contributed by atoms with Crippen molar-refractivity contribution in [2.45, 2.75) is 25.9 Å². The molecule has 0 spiro atoms. The molecule has 0 amide bonds. The molecule has 0 saturated carbocycles. The zero-order valence-electron chi connectivity index (χ0n) is 12.1. The van der Waals surface area contributed by atoms with Gasteiger partial charge in [-0.15, -0.1) is 0 Å². The van der Waals surface area contributed by atoms with Gasteiger partial charge < -0.3 is 4.90 Å². The first-order chi connectivity index (χ1) is 9.40. The Balaban J connectivity index is 2.12. The normalized spacial score (nSPS) is 22.8. The van der Waals surface area contributed by atoms with Gasteiger partial charge >= 0.3 is 0 Å². The van der Waals surface area contributed by atoms with Crippen molar-refractivity contribution in [2.75, 3.05) is 26.7 Å². The molecule has 20 heavy (non-hydrogen) atoms. The summed E-state index contributed by atoms with van der Waals surface area (Å²) in [6, 6.07) is 3.06. The second kappa shape index (κ2) is 5.97. The summed E-state index contributed by atoms with van der Waals surface area (Å²) >= 11 is 0. The van der Waals surface area contributed by atoms with Crippen molar-refractivity contribution >= 4 is 5.78 Å². The third-order valence-electron chi connectivity index (χ3n) is 4.11. The number of ketones is 1. The van der Waals surface area contributed by atoms with Crippen LogP contribution in [-0.4, -0.2) is 54.3 Å². The van der Waals surface area contributed by atoms with Crippen molar-refractivity contribution in [3.05, 3.63) is 35.4 Å². The average Bonchev–Trinajstić information content (AvgIpc) is 2.40. The fourth-order valence-electron chi connectivity index (χ4n) is 2.51. The molecule has 0 aliphatic carbocycles. The predicted octanol–water partition coefficient (Wildman–Crippen LogP) is 2.17. The highest BCUT2D eigenvalue weighted by Gasteiger charge is 2.29. The van der Waals surface area contributed by atoms with Crippen LogP contribution in [0.3, 0.4) is 0 Å². The SMILES string of the molecule is CC1CN(C(C)C(=O)c2ccc(F)cc2F)CCN1C. The molecule has 0 radical (unpaired) electrons.